The number of nitrogens with one attached hydrogen (secondary N) is 3. The molecule has 2 atom stereocenters. The van der Waals surface area contributed by atoms with Gasteiger partial charge in [0, 0.05) is 22.7 Å². The number of benzene rings is 2. The van der Waals surface area contributed by atoms with E-state index in [1.54, 1.807) is 50.2 Å². The van der Waals surface area contributed by atoms with Crippen LogP contribution in [0.25, 0.3) is 0 Å². The van der Waals surface area contributed by atoms with Crippen LogP contribution < -0.4 is 16.0 Å². The van der Waals surface area contributed by atoms with Gasteiger partial charge < -0.3 is 26.2 Å². The molecule has 0 fully saturated rings. The van der Waals surface area contributed by atoms with Crippen molar-refractivity contribution in [1.29, 1.82) is 0 Å². The predicted molar refractivity (Wildman–Crippen MR) is 102 cm³/mol. The molecule has 27 heavy (non-hydrogen) atoms. The maximum atomic E-state index is 12.8. The maximum absolute atomic E-state index is 12.8. The summed E-state index contributed by atoms with van der Waals surface area (Å²) < 4.78 is 0. The Balaban J connectivity index is 1.81. The number of ketones is 1. The lowest BCUT2D eigenvalue weighted by molar-refractivity contribution is -0.118. The number of hydrogen-bond donors (Lipinski definition) is 5. The Morgan fingerprint density at radius 1 is 1.07 bits per heavy atom. The van der Waals surface area contributed by atoms with Crippen molar-refractivity contribution in [2.45, 2.75) is 32.2 Å². The second kappa shape index (κ2) is 5.55. The second-order valence-corrected chi connectivity index (χ2v) is 7.40. The van der Waals surface area contributed by atoms with Crippen molar-refractivity contribution in [2.24, 2.45) is 5.92 Å². The predicted octanol–water partition coefficient (Wildman–Crippen LogP) is 2.16. The third-order valence-electron chi connectivity index (χ3n) is 5.19. The molecule has 0 bridgehead atoms. The van der Waals surface area contributed by atoms with Crippen LogP contribution in [-0.4, -0.2) is 27.6 Å². The normalized spacial score (nSPS) is 25.2. The van der Waals surface area contributed by atoms with Crippen LogP contribution in [-0.2, 0) is 10.5 Å². The zero-order valence-electron chi connectivity index (χ0n) is 15.3. The largest absolute Gasteiger partial charge is 0.363 e. The van der Waals surface area contributed by atoms with E-state index in [0.29, 0.717) is 22.6 Å². The molecule has 140 valence electrons. The topological polar surface area (TPSA) is 111 Å². The Morgan fingerprint density at radius 2 is 1.70 bits per heavy atom. The third-order valence-corrected chi connectivity index (χ3v) is 5.19. The van der Waals surface area contributed by atoms with Gasteiger partial charge in [-0.05, 0) is 24.6 Å². The molecule has 0 saturated carbocycles. The summed E-state index contributed by atoms with van der Waals surface area (Å²) in [6.45, 7) is 5.41. The molecule has 0 unspecified atom stereocenters. The van der Waals surface area contributed by atoms with Gasteiger partial charge in [-0.1, -0.05) is 38.1 Å². The molecule has 0 spiro atoms. The first-order valence-corrected chi connectivity index (χ1v) is 8.78. The smallest absolute Gasteiger partial charge is 0.254 e. The molecule has 0 saturated heterocycles. The molecule has 1 heterocycles. The van der Waals surface area contributed by atoms with Crippen LogP contribution in [0.2, 0.25) is 0 Å². The highest BCUT2D eigenvalue weighted by molar-refractivity contribution is 6.11. The molecule has 0 aromatic heterocycles. The Bertz CT molecular complexity index is 987. The van der Waals surface area contributed by atoms with Crippen molar-refractivity contribution >= 4 is 28.8 Å². The number of anilines is 3. The SMILES string of the molecule is Cc1cc2c(cc1NC(=O)C(C)C)N[C@@]1(O)c3ccccc3C(=O)[C@@]1(O)N2. The van der Waals surface area contributed by atoms with Gasteiger partial charge in [-0.15, -0.1) is 0 Å². The van der Waals surface area contributed by atoms with Crippen molar-refractivity contribution < 1.29 is 19.8 Å². The minimum atomic E-state index is -2.22. The molecule has 2 aromatic rings. The number of Topliss-reactive ketones (excluding diaryl/α,β-unsaturated/α-hetero) is 1. The average Bonchev–Trinajstić information content (AvgIpc) is 2.79. The van der Waals surface area contributed by atoms with Gasteiger partial charge in [0.1, 0.15) is 0 Å². The molecule has 2 aromatic carbocycles. The van der Waals surface area contributed by atoms with Gasteiger partial charge >= 0.3 is 0 Å². The molecule has 0 radical (unpaired) electrons. The van der Waals surface area contributed by atoms with Gasteiger partial charge in [0.2, 0.25) is 17.4 Å². The van der Waals surface area contributed by atoms with Crippen LogP contribution in [0.3, 0.4) is 0 Å². The summed E-state index contributed by atoms with van der Waals surface area (Å²) in [6, 6.07) is 9.93. The standard InChI is InChI=1S/C20H21N3O4/c1-10(2)18(25)21-14-9-16-15(8-11(14)3)23-20(27)17(24)12-6-4-5-7-13(12)19(20,26)22-16/h4-10,22-23,26-27H,1-3H3,(H,21,25)/t19-,20+/m1/s1. The van der Waals surface area contributed by atoms with Gasteiger partial charge in [0.15, 0.2) is 0 Å². The van der Waals surface area contributed by atoms with Crippen LogP contribution in [0.1, 0.15) is 35.3 Å². The highest BCUT2D eigenvalue weighted by Gasteiger charge is 2.65. The molecule has 2 aliphatic rings. The molecule has 7 heteroatoms. The van der Waals surface area contributed by atoms with E-state index in [9.17, 15) is 19.8 Å². The number of carbonyl (C=O) groups is 2. The van der Waals surface area contributed by atoms with Crippen molar-refractivity contribution in [1.82, 2.24) is 0 Å². The van der Waals surface area contributed by atoms with E-state index >= 15 is 0 Å². The minimum Gasteiger partial charge on any atom is -0.363 e. The fourth-order valence-corrected chi connectivity index (χ4v) is 3.57. The summed E-state index contributed by atoms with van der Waals surface area (Å²) in [6.07, 6.45) is 0. The summed E-state index contributed by atoms with van der Waals surface area (Å²) >= 11 is 0. The van der Waals surface area contributed by atoms with Crippen LogP contribution in [0.15, 0.2) is 36.4 Å². The maximum Gasteiger partial charge on any atom is 0.254 e. The van der Waals surface area contributed by atoms with Crippen LogP contribution in [0, 0.1) is 12.8 Å². The lowest BCUT2D eigenvalue weighted by Gasteiger charge is -2.44. The molecule has 1 aliphatic carbocycles. The average molecular weight is 367 g/mol. The number of fused-ring (bicyclic) bond motifs is 4. The van der Waals surface area contributed by atoms with Crippen LogP contribution >= 0.6 is 0 Å². The molecule has 1 aliphatic heterocycles. The van der Waals surface area contributed by atoms with Crippen molar-refractivity contribution in [3.63, 3.8) is 0 Å². The van der Waals surface area contributed by atoms with Crippen molar-refractivity contribution in [3.05, 3.63) is 53.1 Å². The highest BCUT2D eigenvalue weighted by atomic mass is 16.4. The summed E-state index contributed by atoms with van der Waals surface area (Å²) in [5.41, 5.74) is -1.42. The van der Waals surface area contributed by atoms with E-state index < -0.39 is 17.2 Å². The van der Waals surface area contributed by atoms with Crippen LogP contribution in [0.5, 0.6) is 0 Å². The van der Waals surface area contributed by atoms with E-state index in [2.05, 4.69) is 16.0 Å². The number of aryl methyl sites for hydroxylation is 1. The van der Waals surface area contributed by atoms with E-state index in [-0.39, 0.29) is 17.4 Å². The first-order valence-electron chi connectivity index (χ1n) is 8.78. The Labute approximate surface area is 156 Å². The molecule has 1 amide bonds. The first kappa shape index (κ1) is 17.5. The van der Waals surface area contributed by atoms with Gasteiger partial charge in [-0.2, -0.15) is 0 Å². The highest BCUT2D eigenvalue weighted by Crippen LogP contribution is 2.50. The molecule has 4 rings (SSSR count). The van der Waals surface area contributed by atoms with Gasteiger partial charge in [0.05, 0.1) is 11.4 Å². The Morgan fingerprint density at radius 3 is 2.41 bits per heavy atom. The number of hydrogen-bond acceptors (Lipinski definition) is 6. The molecular weight excluding hydrogens is 346 g/mol. The zero-order chi connectivity index (χ0) is 19.6. The summed E-state index contributed by atoms with van der Waals surface area (Å²) in [4.78, 5) is 24.8. The fourth-order valence-electron chi connectivity index (χ4n) is 3.57. The van der Waals surface area contributed by atoms with Crippen molar-refractivity contribution in [2.75, 3.05) is 16.0 Å². The second-order valence-electron chi connectivity index (χ2n) is 7.40. The van der Waals surface area contributed by atoms with Crippen molar-refractivity contribution in [3.8, 4) is 0 Å². The van der Waals surface area contributed by atoms with E-state index in [1.807, 2.05) is 6.92 Å². The molecule has 7 nitrogen and oxygen atoms in total. The van der Waals surface area contributed by atoms with E-state index in [4.69, 9.17) is 0 Å². The molecule has 5 N–H and O–H groups in total. The van der Waals surface area contributed by atoms with Crippen LogP contribution in [0.4, 0.5) is 17.1 Å². The molecular formula is C20H21N3O4. The van der Waals surface area contributed by atoms with Gasteiger partial charge in [-0.25, -0.2) is 0 Å². The Hall–Kier alpha value is -2.90. The lowest BCUT2D eigenvalue weighted by Crippen LogP contribution is -2.63. The minimum absolute atomic E-state index is 0.126. The number of rotatable bonds is 2. The summed E-state index contributed by atoms with van der Waals surface area (Å²) in [5.74, 6) is -0.910. The fraction of sp³-hybridized carbons (Fsp3) is 0.300. The van der Waals surface area contributed by atoms with E-state index in [1.165, 1.54) is 0 Å². The number of aliphatic hydroxyl groups is 2. The monoisotopic (exact) mass is 367 g/mol. The zero-order valence-corrected chi connectivity index (χ0v) is 15.3. The van der Waals surface area contributed by atoms with E-state index in [0.717, 1.165) is 5.56 Å². The lowest BCUT2D eigenvalue weighted by atomic mass is 9.93. The third kappa shape index (κ3) is 2.28. The van der Waals surface area contributed by atoms with Gasteiger partial charge in [0.25, 0.3) is 5.72 Å². The number of amides is 1. The Kier molecular flexibility index (Phi) is 3.60. The number of carbonyl (C=O) groups excluding carboxylic acids is 2. The summed E-state index contributed by atoms with van der Waals surface area (Å²) in [7, 11) is 0. The van der Waals surface area contributed by atoms with Gasteiger partial charge in [-0.3, -0.25) is 9.59 Å². The summed E-state index contributed by atoms with van der Waals surface area (Å²) in [5, 5.41) is 30.8. The first-order chi connectivity index (χ1) is 12.7. The quantitative estimate of drug-likeness (QED) is 0.556.